The number of rotatable bonds is 6. The van der Waals surface area contributed by atoms with E-state index < -0.39 is 32.4 Å². The van der Waals surface area contributed by atoms with Crippen molar-refractivity contribution in [2.24, 2.45) is 0 Å². The number of hydrogen-bond donors (Lipinski definition) is 3. The maximum absolute atomic E-state index is 10.8. The van der Waals surface area contributed by atoms with Crippen LogP contribution < -0.4 is 15.1 Å². The number of nitrogens with one attached hydrogen (secondary N) is 1. The summed E-state index contributed by atoms with van der Waals surface area (Å²) in [7, 11) is -1.66. The summed E-state index contributed by atoms with van der Waals surface area (Å²) in [6.45, 7) is 6.78. The van der Waals surface area contributed by atoms with Gasteiger partial charge in [0.1, 0.15) is 0 Å². The van der Waals surface area contributed by atoms with E-state index in [1.807, 2.05) is 4.90 Å². The van der Waals surface area contributed by atoms with E-state index in [0.717, 1.165) is 37.4 Å². The minimum absolute atomic E-state index is 0.210. The Morgan fingerprint density at radius 1 is 1.36 bits per heavy atom. The van der Waals surface area contributed by atoms with Gasteiger partial charge in [0.25, 0.3) is 0 Å². The topological polar surface area (TPSA) is 112 Å². The second-order valence-corrected chi connectivity index (χ2v) is 9.85. The van der Waals surface area contributed by atoms with Gasteiger partial charge in [-0.25, -0.2) is 0 Å². The quantitative estimate of drug-likeness (QED) is 0.429. The van der Waals surface area contributed by atoms with Crippen molar-refractivity contribution in [1.29, 1.82) is 0 Å². The number of anilines is 3. The number of hydrogen-bond acceptors (Lipinski definition) is 10. The molecular formula is C16H29BN5O5P. The fourth-order valence-electron chi connectivity index (χ4n) is 4.08. The van der Waals surface area contributed by atoms with Crippen molar-refractivity contribution in [3.8, 4) is 0 Å². The molecule has 10 nitrogen and oxygen atoms in total. The molecule has 0 radical (unpaired) electrons. The first-order chi connectivity index (χ1) is 13.4. The number of aromatic nitrogens is 2. The molecule has 156 valence electrons. The molecule has 0 amide bonds. The average molecular weight is 413 g/mol. The number of nitrogens with zero attached hydrogens (tertiary/aromatic N) is 4. The predicted octanol–water partition coefficient (Wildman–Crippen LogP) is -0.171. The van der Waals surface area contributed by atoms with Crippen LogP contribution in [0.4, 0.5) is 17.3 Å². The van der Waals surface area contributed by atoms with Gasteiger partial charge in [-0.1, -0.05) is 0 Å². The van der Waals surface area contributed by atoms with E-state index in [0.29, 0.717) is 12.5 Å². The molecular weight excluding hydrogens is 384 g/mol. The van der Waals surface area contributed by atoms with E-state index in [1.165, 1.54) is 0 Å². The number of fused-ring (bicyclic) bond motifs is 2. The molecule has 1 aromatic rings. The van der Waals surface area contributed by atoms with Crippen LogP contribution in [0.15, 0.2) is 6.33 Å². The number of ether oxygens (including phenoxy) is 1. The molecule has 3 N–H and O–H groups in total. The molecule has 0 saturated carbocycles. The fourth-order valence-corrected chi connectivity index (χ4v) is 5.41. The molecule has 3 aliphatic rings. The third-order valence-corrected chi connectivity index (χ3v) is 6.69. The van der Waals surface area contributed by atoms with Crippen LogP contribution >= 0.6 is 7.82 Å². The molecule has 28 heavy (non-hydrogen) atoms. The van der Waals surface area contributed by atoms with Crippen LogP contribution in [0, 0.1) is 0 Å². The Morgan fingerprint density at radius 2 is 2.11 bits per heavy atom. The van der Waals surface area contributed by atoms with Crippen molar-refractivity contribution in [1.82, 2.24) is 9.97 Å². The molecule has 2 fully saturated rings. The molecule has 0 spiro atoms. The summed E-state index contributed by atoms with van der Waals surface area (Å²) in [5.41, 5.74) is 0.855. The first-order valence-corrected chi connectivity index (χ1v) is 12.2. The van der Waals surface area contributed by atoms with E-state index in [-0.39, 0.29) is 6.61 Å². The van der Waals surface area contributed by atoms with E-state index in [2.05, 4.69) is 34.0 Å². The summed E-state index contributed by atoms with van der Waals surface area (Å²) in [5, 5.41) is 14.2. The van der Waals surface area contributed by atoms with E-state index >= 15 is 0 Å². The van der Waals surface area contributed by atoms with E-state index in [4.69, 9.17) is 13.8 Å². The second kappa shape index (κ2) is 7.89. The monoisotopic (exact) mass is 413 g/mol. The zero-order chi connectivity index (χ0) is 19.9. The first-order valence-electron chi connectivity index (χ1n) is 9.93. The van der Waals surface area contributed by atoms with Gasteiger partial charge in [0.15, 0.2) is 0 Å². The van der Waals surface area contributed by atoms with E-state index in [1.54, 1.807) is 13.9 Å². The zero-order valence-electron chi connectivity index (χ0n) is 16.5. The second-order valence-electron chi connectivity index (χ2n) is 7.53. The third-order valence-electron chi connectivity index (χ3n) is 5.28. The Bertz CT molecular complexity index is 710. The molecule has 0 bridgehead atoms. The van der Waals surface area contributed by atoms with Gasteiger partial charge in [-0.15, -0.1) is 0 Å². The Labute approximate surface area is 166 Å². The van der Waals surface area contributed by atoms with Crippen molar-refractivity contribution >= 4 is 32.7 Å². The minimum atomic E-state index is -3.21. The first kappa shape index (κ1) is 20.1. The van der Waals surface area contributed by atoms with Gasteiger partial charge in [-0.2, -0.15) is 0 Å². The molecule has 12 heteroatoms. The molecule has 4 rings (SSSR count). The SMILES string of the molecule is B[PH]1(O)OCC2OC(N3CNc4c(N(CCC)CCC)ncnc43)C(O)[C@H]2O1. The summed E-state index contributed by atoms with van der Waals surface area (Å²) in [6, 6.07) is 0. The maximum atomic E-state index is 10.8. The number of aliphatic hydroxyl groups is 1. The molecule has 2 saturated heterocycles. The molecule has 3 unspecified atom stereocenters. The Balaban J connectivity index is 1.58. The molecule has 0 aromatic carbocycles. The van der Waals surface area contributed by atoms with Gasteiger partial charge < -0.3 is 0 Å². The van der Waals surface area contributed by atoms with Crippen LogP contribution in [0.5, 0.6) is 0 Å². The van der Waals surface area contributed by atoms with Gasteiger partial charge in [-0.3, -0.25) is 0 Å². The average Bonchev–Trinajstić information content (AvgIpc) is 3.22. The summed E-state index contributed by atoms with van der Waals surface area (Å²) in [5.74, 6) is 1.57. The Kier molecular flexibility index (Phi) is 5.65. The van der Waals surface area contributed by atoms with Crippen LogP contribution in [-0.4, -0.2) is 78.4 Å². The summed E-state index contributed by atoms with van der Waals surface area (Å²) in [6.07, 6.45) is 1.02. The van der Waals surface area contributed by atoms with Crippen molar-refractivity contribution in [3.63, 3.8) is 0 Å². The van der Waals surface area contributed by atoms with Crippen molar-refractivity contribution in [3.05, 3.63) is 6.33 Å². The summed E-state index contributed by atoms with van der Waals surface area (Å²) in [4.78, 5) is 23.2. The summed E-state index contributed by atoms with van der Waals surface area (Å²) >= 11 is 0. The van der Waals surface area contributed by atoms with Crippen molar-refractivity contribution in [2.75, 3.05) is 41.5 Å². The van der Waals surface area contributed by atoms with Gasteiger partial charge >= 0.3 is 166 Å². The standard InChI is InChI=1S/C16H29BN5O5P/c1-3-5-21(6-4-2)14-11-15(19-8-18-14)22(9-20-11)16-12(23)13-10(26-16)7-25-28(17,24)27-13/h8,10,12-13,16,20,23-24,28H,3-7,9,17H2,1-2H3/t10?,12?,13-,16?/m0/s1. The molecule has 4 atom stereocenters. The normalized spacial score (nSPS) is 31.8. The van der Waals surface area contributed by atoms with E-state index in [9.17, 15) is 10.00 Å². The molecule has 1 aromatic heterocycles. The van der Waals surface area contributed by atoms with Crippen LogP contribution in [0.25, 0.3) is 0 Å². The fraction of sp³-hybridized carbons (Fsp3) is 0.750. The molecule has 0 aliphatic carbocycles. The Morgan fingerprint density at radius 3 is 2.82 bits per heavy atom. The van der Waals surface area contributed by atoms with Crippen LogP contribution in [-0.2, 0) is 13.8 Å². The van der Waals surface area contributed by atoms with Gasteiger partial charge in [0.2, 0.25) is 0 Å². The van der Waals surface area contributed by atoms with Crippen molar-refractivity contribution in [2.45, 2.75) is 51.2 Å². The van der Waals surface area contributed by atoms with Crippen LogP contribution in [0.3, 0.4) is 0 Å². The number of aliphatic hydroxyl groups excluding tert-OH is 1. The molecule has 3 aliphatic heterocycles. The zero-order valence-corrected chi connectivity index (χ0v) is 17.5. The van der Waals surface area contributed by atoms with Gasteiger partial charge in [0.05, 0.1) is 0 Å². The predicted molar refractivity (Wildman–Crippen MR) is 110 cm³/mol. The molecule has 4 heterocycles. The van der Waals surface area contributed by atoms with Gasteiger partial charge in [0, 0.05) is 0 Å². The third kappa shape index (κ3) is 3.55. The summed E-state index contributed by atoms with van der Waals surface area (Å²) < 4.78 is 17.0. The van der Waals surface area contributed by atoms with Crippen LogP contribution in [0.2, 0.25) is 0 Å². The Hall–Kier alpha value is -1.23. The van der Waals surface area contributed by atoms with Gasteiger partial charge in [-0.05, 0) is 0 Å². The van der Waals surface area contributed by atoms with Crippen LogP contribution in [0.1, 0.15) is 26.7 Å². The van der Waals surface area contributed by atoms with Crippen molar-refractivity contribution < 1.29 is 23.8 Å².